The number of amides is 2. The molecule has 2 amide bonds. The predicted octanol–water partition coefficient (Wildman–Crippen LogP) is 2.51. The second-order valence-corrected chi connectivity index (χ2v) is 6.86. The molecule has 0 unspecified atom stereocenters. The molecule has 5 nitrogen and oxygen atoms in total. The summed E-state index contributed by atoms with van der Waals surface area (Å²) in [6.07, 6.45) is 5.48. The van der Waals surface area contributed by atoms with E-state index in [0.717, 1.165) is 45.3 Å². The van der Waals surface area contributed by atoms with Crippen LogP contribution in [0.4, 0.5) is 5.69 Å². The van der Waals surface area contributed by atoms with E-state index < -0.39 is 0 Å². The first-order valence-electron chi connectivity index (χ1n) is 8.58. The molecule has 0 bridgehead atoms. The fraction of sp³-hybridized carbons (Fsp3) is 0.474. The second-order valence-electron chi connectivity index (χ2n) is 6.86. The summed E-state index contributed by atoms with van der Waals surface area (Å²) in [4.78, 5) is 29.0. The summed E-state index contributed by atoms with van der Waals surface area (Å²) in [7, 11) is 2.14. The van der Waals surface area contributed by atoms with Gasteiger partial charge < -0.3 is 15.1 Å². The van der Waals surface area contributed by atoms with Crippen molar-refractivity contribution in [2.45, 2.75) is 31.2 Å². The van der Waals surface area contributed by atoms with Gasteiger partial charge >= 0.3 is 0 Å². The van der Waals surface area contributed by atoms with Crippen molar-refractivity contribution >= 4 is 17.5 Å². The third kappa shape index (κ3) is 3.22. The van der Waals surface area contributed by atoms with Crippen LogP contribution in [0, 0.1) is 0 Å². The Morgan fingerprint density at radius 2 is 1.96 bits per heavy atom. The molecule has 128 valence electrons. The minimum Gasteiger partial charge on any atom is -0.333 e. The van der Waals surface area contributed by atoms with Gasteiger partial charge in [0.1, 0.15) is 0 Å². The molecule has 2 heterocycles. The molecule has 2 fully saturated rings. The quantitative estimate of drug-likeness (QED) is 0.868. The lowest BCUT2D eigenvalue weighted by Crippen LogP contribution is -2.53. The van der Waals surface area contributed by atoms with Crippen molar-refractivity contribution < 1.29 is 9.59 Å². The smallest absolute Gasteiger partial charge is 0.254 e. The van der Waals surface area contributed by atoms with Crippen molar-refractivity contribution in [2.75, 3.05) is 32.0 Å². The van der Waals surface area contributed by atoms with Crippen LogP contribution in [0.5, 0.6) is 0 Å². The number of anilines is 1. The summed E-state index contributed by atoms with van der Waals surface area (Å²) >= 11 is 0. The van der Waals surface area contributed by atoms with Crippen LogP contribution in [0.3, 0.4) is 0 Å². The van der Waals surface area contributed by atoms with E-state index in [2.05, 4.69) is 28.7 Å². The number of carbonyl (C=O) groups is 2. The van der Waals surface area contributed by atoms with Gasteiger partial charge in [0.05, 0.1) is 0 Å². The zero-order chi connectivity index (χ0) is 17.2. The van der Waals surface area contributed by atoms with Gasteiger partial charge in [0.15, 0.2) is 0 Å². The van der Waals surface area contributed by atoms with E-state index in [-0.39, 0.29) is 17.4 Å². The molecule has 1 aromatic rings. The number of likely N-dealkylation sites (tertiary alicyclic amines) is 2. The van der Waals surface area contributed by atoms with Crippen LogP contribution in [0.2, 0.25) is 0 Å². The number of hydrogen-bond donors (Lipinski definition) is 1. The van der Waals surface area contributed by atoms with E-state index in [1.165, 1.54) is 6.08 Å². The van der Waals surface area contributed by atoms with E-state index in [1.807, 2.05) is 12.1 Å². The van der Waals surface area contributed by atoms with E-state index in [1.54, 1.807) is 12.1 Å². The highest BCUT2D eigenvalue weighted by Gasteiger charge is 2.45. The highest BCUT2D eigenvalue weighted by molar-refractivity contribution is 6.01. The van der Waals surface area contributed by atoms with Crippen LogP contribution in [0.1, 0.15) is 36.0 Å². The molecule has 2 aliphatic rings. The Hall–Kier alpha value is -2.14. The number of rotatable bonds is 3. The van der Waals surface area contributed by atoms with Crippen LogP contribution in [-0.4, -0.2) is 53.8 Å². The third-order valence-corrected chi connectivity index (χ3v) is 5.32. The molecular formula is C19H25N3O2. The molecule has 0 atom stereocenters. The highest BCUT2D eigenvalue weighted by Crippen LogP contribution is 2.39. The minimum atomic E-state index is -0.271. The number of hydrogen-bond acceptors (Lipinski definition) is 3. The van der Waals surface area contributed by atoms with E-state index >= 15 is 0 Å². The molecule has 1 aromatic carbocycles. The minimum absolute atomic E-state index is 0.0178. The highest BCUT2D eigenvalue weighted by atomic mass is 16.2. The normalized spacial score (nSPS) is 20.1. The SMILES string of the molecule is C=CC(=O)Nc1cccc(C(=O)N2CCCC23CCN(C)CC3)c1. The Morgan fingerprint density at radius 3 is 2.67 bits per heavy atom. The van der Waals surface area contributed by atoms with Crippen molar-refractivity contribution in [3.63, 3.8) is 0 Å². The van der Waals surface area contributed by atoms with Gasteiger partial charge in [0.25, 0.3) is 5.91 Å². The standard InChI is InChI=1S/C19H25N3O2/c1-3-17(23)20-16-7-4-6-15(14-16)18(24)22-11-5-8-19(22)9-12-21(2)13-10-19/h3-4,6-7,14H,1,5,8-13H2,2H3,(H,20,23). The number of nitrogens with zero attached hydrogens (tertiary/aromatic N) is 2. The molecule has 0 aliphatic carbocycles. The Balaban J connectivity index is 1.79. The molecule has 2 saturated heterocycles. The molecule has 0 saturated carbocycles. The van der Waals surface area contributed by atoms with Crippen molar-refractivity contribution in [1.82, 2.24) is 9.80 Å². The van der Waals surface area contributed by atoms with E-state index in [0.29, 0.717) is 11.3 Å². The van der Waals surface area contributed by atoms with Gasteiger partial charge in [0, 0.05) is 36.4 Å². The predicted molar refractivity (Wildman–Crippen MR) is 95.0 cm³/mol. The van der Waals surface area contributed by atoms with Gasteiger partial charge in [-0.15, -0.1) is 0 Å². The lowest BCUT2D eigenvalue weighted by Gasteiger charge is -2.44. The summed E-state index contributed by atoms with van der Waals surface area (Å²) in [5, 5.41) is 2.72. The van der Waals surface area contributed by atoms with Gasteiger partial charge in [-0.3, -0.25) is 9.59 Å². The summed E-state index contributed by atoms with van der Waals surface area (Å²) in [5.74, 6) is -0.195. The van der Waals surface area contributed by atoms with E-state index in [9.17, 15) is 9.59 Å². The molecule has 2 aliphatic heterocycles. The van der Waals surface area contributed by atoms with Crippen molar-refractivity contribution in [2.24, 2.45) is 0 Å². The largest absolute Gasteiger partial charge is 0.333 e. The summed E-state index contributed by atoms with van der Waals surface area (Å²) in [5.41, 5.74) is 1.28. The van der Waals surface area contributed by atoms with Crippen molar-refractivity contribution in [1.29, 1.82) is 0 Å². The molecular weight excluding hydrogens is 302 g/mol. The molecule has 0 aromatic heterocycles. The Morgan fingerprint density at radius 1 is 1.21 bits per heavy atom. The first-order valence-corrected chi connectivity index (χ1v) is 8.58. The van der Waals surface area contributed by atoms with Gasteiger partial charge in [-0.1, -0.05) is 12.6 Å². The van der Waals surface area contributed by atoms with Gasteiger partial charge in [-0.05, 0) is 57.0 Å². The fourth-order valence-electron chi connectivity index (χ4n) is 3.89. The van der Waals surface area contributed by atoms with E-state index in [4.69, 9.17) is 0 Å². The molecule has 1 spiro atoms. The zero-order valence-electron chi connectivity index (χ0n) is 14.3. The zero-order valence-corrected chi connectivity index (χ0v) is 14.3. The Bertz CT molecular complexity index is 648. The molecule has 0 radical (unpaired) electrons. The number of nitrogens with one attached hydrogen (secondary N) is 1. The van der Waals surface area contributed by atoms with Crippen LogP contribution in [0.25, 0.3) is 0 Å². The molecule has 3 rings (SSSR count). The molecule has 24 heavy (non-hydrogen) atoms. The number of piperidine rings is 1. The molecule has 5 heteroatoms. The van der Waals surface area contributed by atoms with Crippen LogP contribution < -0.4 is 5.32 Å². The average molecular weight is 327 g/mol. The fourth-order valence-corrected chi connectivity index (χ4v) is 3.89. The number of carbonyl (C=O) groups excluding carboxylic acids is 2. The van der Waals surface area contributed by atoms with Crippen molar-refractivity contribution in [3.05, 3.63) is 42.5 Å². The van der Waals surface area contributed by atoms with Gasteiger partial charge in [-0.25, -0.2) is 0 Å². The van der Waals surface area contributed by atoms with Gasteiger partial charge in [-0.2, -0.15) is 0 Å². The average Bonchev–Trinajstić information content (AvgIpc) is 3.00. The number of benzene rings is 1. The third-order valence-electron chi connectivity index (χ3n) is 5.32. The lowest BCUT2D eigenvalue weighted by molar-refractivity contribution is -0.111. The summed E-state index contributed by atoms with van der Waals surface area (Å²) < 4.78 is 0. The van der Waals surface area contributed by atoms with Crippen LogP contribution >= 0.6 is 0 Å². The Kier molecular flexibility index (Phi) is 4.71. The maximum atomic E-state index is 13.1. The Labute approximate surface area is 143 Å². The van der Waals surface area contributed by atoms with Crippen molar-refractivity contribution in [3.8, 4) is 0 Å². The lowest BCUT2D eigenvalue weighted by atomic mass is 9.85. The summed E-state index contributed by atoms with van der Waals surface area (Å²) in [6, 6.07) is 7.18. The van der Waals surface area contributed by atoms with Gasteiger partial charge in [0.2, 0.25) is 5.91 Å². The van der Waals surface area contributed by atoms with Crippen LogP contribution in [0.15, 0.2) is 36.9 Å². The molecule has 1 N–H and O–H groups in total. The topological polar surface area (TPSA) is 52.7 Å². The summed E-state index contributed by atoms with van der Waals surface area (Å²) in [6.45, 7) is 6.36. The first kappa shape index (κ1) is 16.7. The maximum absolute atomic E-state index is 13.1. The van der Waals surface area contributed by atoms with Crippen LogP contribution in [-0.2, 0) is 4.79 Å². The monoisotopic (exact) mass is 327 g/mol. The maximum Gasteiger partial charge on any atom is 0.254 e. The first-order chi connectivity index (χ1) is 11.5. The second kappa shape index (κ2) is 6.77.